The summed E-state index contributed by atoms with van der Waals surface area (Å²) in [4.78, 5) is 8.91. The van der Waals surface area contributed by atoms with Crippen LogP contribution in [0.5, 0.6) is 5.88 Å². The van der Waals surface area contributed by atoms with E-state index in [0.717, 1.165) is 42.5 Å². The Labute approximate surface area is 129 Å². The fourth-order valence-corrected chi connectivity index (χ4v) is 2.24. The van der Waals surface area contributed by atoms with Gasteiger partial charge in [-0.2, -0.15) is 4.98 Å². The van der Waals surface area contributed by atoms with E-state index in [0.29, 0.717) is 0 Å². The minimum Gasteiger partial charge on any atom is -0.474 e. The lowest BCUT2D eigenvalue weighted by Gasteiger charge is -2.17. The molecule has 0 spiro atoms. The van der Waals surface area contributed by atoms with Crippen LogP contribution in [0.1, 0.15) is 70.7 Å². The molecular formula is C17H31N3O. The Kier molecular flexibility index (Phi) is 8.09. The molecule has 4 nitrogen and oxygen atoms in total. The second kappa shape index (κ2) is 9.59. The van der Waals surface area contributed by atoms with Crippen LogP contribution in [-0.4, -0.2) is 22.6 Å². The minimum absolute atomic E-state index is 0.203. The molecular weight excluding hydrogens is 262 g/mol. The molecule has 21 heavy (non-hydrogen) atoms. The van der Waals surface area contributed by atoms with Gasteiger partial charge < -0.3 is 10.1 Å². The topological polar surface area (TPSA) is 47.0 Å². The molecule has 1 aromatic rings. The summed E-state index contributed by atoms with van der Waals surface area (Å²) in [6.45, 7) is 11.4. The smallest absolute Gasteiger partial charge is 0.222 e. The summed E-state index contributed by atoms with van der Waals surface area (Å²) in [7, 11) is 0. The third-order valence-corrected chi connectivity index (χ3v) is 3.53. The molecule has 1 heterocycles. The van der Waals surface area contributed by atoms with Gasteiger partial charge in [-0.15, -0.1) is 0 Å². The van der Waals surface area contributed by atoms with Crippen molar-refractivity contribution in [1.29, 1.82) is 0 Å². The Morgan fingerprint density at radius 2 is 1.81 bits per heavy atom. The van der Waals surface area contributed by atoms with Crippen LogP contribution in [0.25, 0.3) is 0 Å². The van der Waals surface area contributed by atoms with Crippen molar-refractivity contribution < 1.29 is 4.74 Å². The molecule has 120 valence electrons. The molecule has 0 radical (unpaired) electrons. The lowest BCUT2D eigenvalue weighted by atomic mass is 10.1. The molecule has 0 aliphatic rings. The number of nitrogens with zero attached hydrogens (tertiary/aromatic N) is 2. The van der Waals surface area contributed by atoms with E-state index in [1.165, 1.54) is 25.7 Å². The quantitative estimate of drug-likeness (QED) is 0.638. The lowest BCUT2D eigenvalue weighted by Crippen LogP contribution is -2.15. The van der Waals surface area contributed by atoms with Crippen LogP contribution in [0.3, 0.4) is 0 Å². The number of ether oxygens (including phenoxy) is 1. The first-order valence-electron chi connectivity index (χ1n) is 8.34. The fraction of sp³-hybridized carbons (Fsp3) is 0.765. The van der Waals surface area contributed by atoms with Crippen molar-refractivity contribution in [1.82, 2.24) is 9.97 Å². The number of unbranched alkanes of at least 4 members (excludes halogenated alkanes) is 3. The number of hydrogen-bond donors (Lipinski definition) is 1. The normalized spacial score (nSPS) is 12.2. The van der Waals surface area contributed by atoms with Gasteiger partial charge in [-0.25, -0.2) is 4.98 Å². The molecule has 1 rings (SSSR count). The van der Waals surface area contributed by atoms with Crippen LogP contribution in [0.2, 0.25) is 0 Å². The third kappa shape index (κ3) is 6.32. The first kappa shape index (κ1) is 17.7. The van der Waals surface area contributed by atoms with E-state index in [4.69, 9.17) is 4.74 Å². The summed E-state index contributed by atoms with van der Waals surface area (Å²) in [6, 6.07) is 0. The van der Waals surface area contributed by atoms with Gasteiger partial charge in [-0.1, -0.05) is 33.1 Å². The number of aryl methyl sites for hydroxylation is 1. The van der Waals surface area contributed by atoms with Gasteiger partial charge in [0.25, 0.3) is 0 Å². The average Bonchev–Trinajstić information content (AvgIpc) is 2.45. The second-order valence-corrected chi connectivity index (χ2v) is 5.75. The van der Waals surface area contributed by atoms with Crippen molar-refractivity contribution >= 4 is 5.82 Å². The highest BCUT2D eigenvalue weighted by molar-refractivity contribution is 5.48. The van der Waals surface area contributed by atoms with E-state index in [1.807, 2.05) is 13.8 Å². The monoisotopic (exact) mass is 293 g/mol. The molecule has 1 unspecified atom stereocenters. The Bertz CT molecular complexity index is 421. The Morgan fingerprint density at radius 3 is 2.48 bits per heavy atom. The van der Waals surface area contributed by atoms with E-state index < -0.39 is 0 Å². The van der Waals surface area contributed by atoms with Crippen LogP contribution in [0.4, 0.5) is 5.82 Å². The molecule has 1 atom stereocenters. The molecule has 0 aliphatic heterocycles. The molecule has 0 saturated heterocycles. The van der Waals surface area contributed by atoms with E-state index in [2.05, 4.69) is 36.1 Å². The van der Waals surface area contributed by atoms with Crippen LogP contribution in [0.15, 0.2) is 0 Å². The minimum atomic E-state index is 0.203. The van der Waals surface area contributed by atoms with Crippen LogP contribution in [-0.2, 0) is 0 Å². The van der Waals surface area contributed by atoms with Crippen molar-refractivity contribution in [2.24, 2.45) is 0 Å². The summed E-state index contributed by atoms with van der Waals surface area (Å²) in [6.07, 6.45) is 7.45. The summed E-state index contributed by atoms with van der Waals surface area (Å²) < 4.78 is 6.04. The first-order valence-corrected chi connectivity index (χ1v) is 8.34. The molecule has 1 aromatic heterocycles. The van der Waals surface area contributed by atoms with Gasteiger partial charge in [0.15, 0.2) is 0 Å². The van der Waals surface area contributed by atoms with Crippen LogP contribution < -0.4 is 10.1 Å². The Hall–Kier alpha value is -1.32. The maximum Gasteiger partial charge on any atom is 0.222 e. The molecule has 0 saturated carbocycles. The maximum atomic E-state index is 6.04. The van der Waals surface area contributed by atoms with Gasteiger partial charge in [-0.3, -0.25) is 0 Å². The highest BCUT2D eigenvalue weighted by Crippen LogP contribution is 2.23. The third-order valence-electron chi connectivity index (χ3n) is 3.53. The van der Waals surface area contributed by atoms with Crippen molar-refractivity contribution in [2.45, 2.75) is 79.2 Å². The number of rotatable bonds is 10. The van der Waals surface area contributed by atoms with Gasteiger partial charge in [-0.05, 0) is 40.0 Å². The Balaban J connectivity index is 2.62. The molecule has 1 N–H and O–H groups in total. The first-order chi connectivity index (χ1) is 10.1. The average molecular weight is 293 g/mol. The molecule has 0 amide bonds. The van der Waals surface area contributed by atoms with Crippen molar-refractivity contribution in [3.8, 4) is 5.88 Å². The second-order valence-electron chi connectivity index (χ2n) is 5.75. The van der Waals surface area contributed by atoms with Gasteiger partial charge in [0.1, 0.15) is 11.6 Å². The predicted octanol–water partition coefficient (Wildman–Crippen LogP) is 4.65. The van der Waals surface area contributed by atoms with Crippen LogP contribution >= 0.6 is 0 Å². The van der Waals surface area contributed by atoms with Crippen molar-refractivity contribution in [2.75, 3.05) is 11.9 Å². The molecule has 4 heteroatoms. The van der Waals surface area contributed by atoms with Crippen molar-refractivity contribution in [3.05, 3.63) is 11.4 Å². The van der Waals surface area contributed by atoms with Gasteiger partial charge >= 0.3 is 0 Å². The highest BCUT2D eigenvalue weighted by atomic mass is 16.5. The van der Waals surface area contributed by atoms with E-state index >= 15 is 0 Å². The largest absolute Gasteiger partial charge is 0.474 e. The SMILES string of the molecule is CCCCCCC(C)Oc1nc(C)nc(NCCC)c1C. The highest BCUT2D eigenvalue weighted by Gasteiger charge is 2.13. The number of hydrogen-bond acceptors (Lipinski definition) is 4. The molecule has 0 fully saturated rings. The summed E-state index contributed by atoms with van der Waals surface area (Å²) in [5.74, 6) is 2.38. The maximum absolute atomic E-state index is 6.04. The van der Waals surface area contributed by atoms with E-state index in [9.17, 15) is 0 Å². The Morgan fingerprint density at radius 1 is 1.05 bits per heavy atom. The van der Waals surface area contributed by atoms with Gasteiger partial charge in [0.05, 0.1) is 11.7 Å². The van der Waals surface area contributed by atoms with Gasteiger partial charge in [0.2, 0.25) is 5.88 Å². The molecule has 0 aliphatic carbocycles. The zero-order valence-corrected chi connectivity index (χ0v) is 14.3. The lowest BCUT2D eigenvalue weighted by molar-refractivity contribution is 0.196. The van der Waals surface area contributed by atoms with E-state index in [1.54, 1.807) is 0 Å². The summed E-state index contributed by atoms with van der Waals surface area (Å²) in [5, 5.41) is 3.35. The van der Waals surface area contributed by atoms with E-state index in [-0.39, 0.29) is 6.10 Å². The van der Waals surface area contributed by atoms with Crippen LogP contribution in [0, 0.1) is 13.8 Å². The fourth-order valence-electron chi connectivity index (χ4n) is 2.24. The zero-order valence-electron chi connectivity index (χ0n) is 14.3. The number of anilines is 1. The zero-order chi connectivity index (χ0) is 15.7. The van der Waals surface area contributed by atoms with Crippen molar-refractivity contribution in [3.63, 3.8) is 0 Å². The summed E-state index contributed by atoms with van der Waals surface area (Å²) >= 11 is 0. The summed E-state index contributed by atoms with van der Waals surface area (Å²) in [5.41, 5.74) is 1.01. The number of nitrogens with one attached hydrogen (secondary N) is 1. The molecule has 0 aromatic carbocycles. The molecule has 0 bridgehead atoms. The predicted molar refractivity (Wildman–Crippen MR) is 89.1 cm³/mol. The van der Waals surface area contributed by atoms with Gasteiger partial charge in [0, 0.05) is 6.54 Å². The number of aromatic nitrogens is 2. The standard InChI is InChI=1S/C17H31N3O/c1-6-8-9-10-11-13(3)21-17-14(4)16(18-12-7-2)19-15(5)20-17/h13H,6-12H2,1-5H3,(H,18,19,20).